The van der Waals surface area contributed by atoms with Gasteiger partial charge in [-0.15, -0.1) is 0 Å². The second kappa shape index (κ2) is 5.26. The summed E-state index contributed by atoms with van der Waals surface area (Å²) < 4.78 is 63.9. The summed E-state index contributed by atoms with van der Waals surface area (Å²) in [6.45, 7) is 3.22. The van der Waals surface area contributed by atoms with Crippen LogP contribution in [0.2, 0.25) is 0 Å². The fraction of sp³-hybridized carbons (Fsp3) is 1.00. The highest BCUT2D eigenvalue weighted by Crippen LogP contribution is 2.28. The van der Waals surface area contributed by atoms with Crippen molar-refractivity contribution in [1.29, 1.82) is 0 Å². The minimum absolute atomic E-state index is 0.153. The van der Waals surface area contributed by atoms with Crippen LogP contribution in [-0.2, 0) is 37.5 Å². The van der Waals surface area contributed by atoms with Crippen molar-refractivity contribution in [3.63, 3.8) is 0 Å². The largest absolute Gasteiger partial charge is 0.400 e. The molecule has 0 N–H and O–H groups in total. The molecule has 0 spiro atoms. The molecule has 4 atom stereocenters. The summed E-state index contributed by atoms with van der Waals surface area (Å²) in [5.41, 5.74) is 0. The Kier molecular flexibility index (Phi) is 4.19. The third kappa shape index (κ3) is 4.36. The molecule has 0 aliphatic carbocycles. The molecular formula is C9H16O8S2. The summed E-state index contributed by atoms with van der Waals surface area (Å²) >= 11 is 0. The van der Waals surface area contributed by atoms with Gasteiger partial charge in [-0.25, -0.2) is 16.7 Å². The van der Waals surface area contributed by atoms with Crippen LogP contribution in [0.1, 0.15) is 33.1 Å². The molecule has 0 aromatic rings. The number of hydrogen-bond donors (Lipinski definition) is 0. The van der Waals surface area contributed by atoms with E-state index in [1.165, 1.54) is 0 Å². The van der Waals surface area contributed by atoms with Gasteiger partial charge < -0.3 is 0 Å². The third-order valence-electron chi connectivity index (χ3n) is 2.79. The third-order valence-corrected chi connectivity index (χ3v) is 4.93. The van der Waals surface area contributed by atoms with Gasteiger partial charge in [-0.05, 0) is 13.8 Å². The molecule has 2 aliphatic rings. The molecule has 2 fully saturated rings. The van der Waals surface area contributed by atoms with E-state index in [2.05, 4.69) is 8.37 Å². The molecule has 10 heteroatoms. The molecule has 2 aliphatic heterocycles. The van der Waals surface area contributed by atoms with Crippen molar-refractivity contribution < 1.29 is 33.6 Å². The molecule has 0 aromatic carbocycles. The molecule has 0 radical (unpaired) electrons. The van der Waals surface area contributed by atoms with Gasteiger partial charge in [-0.2, -0.15) is 16.8 Å². The van der Waals surface area contributed by atoms with Gasteiger partial charge in [0, 0.05) is 19.3 Å². The lowest BCUT2D eigenvalue weighted by Gasteiger charge is -2.31. The van der Waals surface area contributed by atoms with Crippen molar-refractivity contribution >= 4 is 20.8 Å². The highest BCUT2D eigenvalue weighted by Gasteiger charge is 2.37. The zero-order valence-electron chi connectivity index (χ0n) is 10.5. The molecule has 2 heterocycles. The van der Waals surface area contributed by atoms with E-state index in [4.69, 9.17) is 8.37 Å². The van der Waals surface area contributed by atoms with Crippen LogP contribution in [-0.4, -0.2) is 41.3 Å². The summed E-state index contributed by atoms with van der Waals surface area (Å²) in [5, 5.41) is 0. The molecule has 19 heavy (non-hydrogen) atoms. The molecular weight excluding hydrogens is 300 g/mol. The van der Waals surface area contributed by atoms with Crippen molar-refractivity contribution in [1.82, 2.24) is 0 Å². The van der Waals surface area contributed by atoms with E-state index in [1.807, 2.05) is 0 Å². The van der Waals surface area contributed by atoms with Crippen molar-refractivity contribution in [2.45, 2.75) is 57.5 Å². The number of rotatable bonds is 2. The van der Waals surface area contributed by atoms with Crippen LogP contribution >= 0.6 is 0 Å². The minimum atomic E-state index is -4.01. The Bertz CT molecular complexity index is 476. The van der Waals surface area contributed by atoms with Gasteiger partial charge in [0.2, 0.25) is 0 Å². The van der Waals surface area contributed by atoms with E-state index in [9.17, 15) is 16.8 Å². The summed E-state index contributed by atoms with van der Waals surface area (Å²) in [4.78, 5) is 0. The SMILES string of the molecule is CC1CC(CC2CC(C)OS(=O)(=O)O2)OS(=O)(=O)O1. The van der Waals surface area contributed by atoms with Gasteiger partial charge >= 0.3 is 20.8 Å². The minimum Gasteiger partial charge on any atom is -0.245 e. The summed E-state index contributed by atoms with van der Waals surface area (Å²) in [6, 6.07) is 0. The molecule has 112 valence electrons. The Balaban J connectivity index is 2.01. The normalized spacial score (nSPS) is 41.8. The van der Waals surface area contributed by atoms with Gasteiger partial charge in [0.25, 0.3) is 0 Å². The van der Waals surface area contributed by atoms with Crippen LogP contribution in [0.25, 0.3) is 0 Å². The first-order chi connectivity index (χ1) is 8.65. The molecule has 2 saturated heterocycles. The first kappa shape index (κ1) is 15.1. The van der Waals surface area contributed by atoms with Crippen LogP contribution in [0.5, 0.6) is 0 Å². The predicted molar refractivity (Wildman–Crippen MR) is 62.5 cm³/mol. The van der Waals surface area contributed by atoms with Gasteiger partial charge in [0.1, 0.15) is 0 Å². The molecule has 8 nitrogen and oxygen atoms in total. The summed E-state index contributed by atoms with van der Waals surface area (Å²) in [6.07, 6.45) is -1.45. The smallest absolute Gasteiger partial charge is 0.245 e. The zero-order valence-corrected chi connectivity index (χ0v) is 12.1. The maximum Gasteiger partial charge on any atom is 0.400 e. The summed E-state index contributed by atoms with van der Waals surface area (Å²) in [5.74, 6) is 0. The molecule has 4 unspecified atom stereocenters. The monoisotopic (exact) mass is 316 g/mol. The van der Waals surface area contributed by atoms with Gasteiger partial charge in [0.05, 0.1) is 24.4 Å². The van der Waals surface area contributed by atoms with Crippen LogP contribution in [0.15, 0.2) is 0 Å². The molecule has 0 amide bonds. The van der Waals surface area contributed by atoms with E-state index >= 15 is 0 Å². The average Bonchev–Trinajstić information content (AvgIpc) is 2.08. The van der Waals surface area contributed by atoms with E-state index in [0.29, 0.717) is 12.8 Å². The second-order valence-electron chi connectivity index (χ2n) is 4.77. The fourth-order valence-corrected chi connectivity index (χ4v) is 4.28. The maximum atomic E-state index is 11.3. The Labute approximate surface area is 112 Å². The molecule has 0 aromatic heterocycles. The van der Waals surface area contributed by atoms with Crippen molar-refractivity contribution in [2.24, 2.45) is 0 Å². The first-order valence-electron chi connectivity index (χ1n) is 5.88. The van der Waals surface area contributed by atoms with Crippen LogP contribution in [0.3, 0.4) is 0 Å². The standard InChI is InChI=1S/C9H16O8S2/c1-6-3-8(16-18(10,11)14-6)5-9-4-7(2)15-19(12,13)17-9/h6-9H,3-5H2,1-2H3. The lowest BCUT2D eigenvalue weighted by molar-refractivity contribution is -0.00360. The van der Waals surface area contributed by atoms with Gasteiger partial charge in [-0.1, -0.05) is 0 Å². The van der Waals surface area contributed by atoms with Crippen LogP contribution < -0.4 is 0 Å². The zero-order chi connectivity index (χ0) is 14.3. The first-order valence-corrected chi connectivity index (χ1v) is 8.55. The van der Waals surface area contributed by atoms with E-state index in [-0.39, 0.29) is 6.42 Å². The van der Waals surface area contributed by atoms with Crippen LogP contribution in [0, 0.1) is 0 Å². The highest BCUT2D eigenvalue weighted by molar-refractivity contribution is 7.82. The predicted octanol–water partition coefficient (Wildman–Crippen LogP) is 0.254. The molecule has 0 saturated carbocycles. The average molecular weight is 316 g/mol. The lowest BCUT2D eigenvalue weighted by Crippen LogP contribution is -2.39. The quantitative estimate of drug-likeness (QED) is 0.714. The van der Waals surface area contributed by atoms with Crippen molar-refractivity contribution in [2.75, 3.05) is 0 Å². The Hall–Kier alpha value is -0.260. The number of hydrogen-bond acceptors (Lipinski definition) is 8. The van der Waals surface area contributed by atoms with Gasteiger partial charge in [-0.3, -0.25) is 0 Å². The van der Waals surface area contributed by atoms with Crippen LogP contribution in [0.4, 0.5) is 0 Å². The lowest BCUT2D eigenvalue weighted by atomic mass is 10.0. The molecule has 0 bridgehead atoms. The molecule has 2 rings (SSSR count). The van der Waals surface area contributed by atoms with E-state index < -0.39 is 45.2 Å². The van der Waals surface area contributed by atoms with E-state index in [0.717, 1.165) is 0 Å². The summed E-state index contributed by atoms with van der Waals surface area (Å²) in [7, 11) is -8.02. The topological polar surface area (TPSA) is 105 Å². The van der Waals surface area contributed by atoms with E-state index in [1.54, 1.807) is 13.8 Å². The second-order valence-corrected chi connectivity index (χ2v) is 7.18. The van der Waals surface area contributed by atoms with Crippen molar-refractivity contribution in [3.8, 4) is 0 Å². The Morgan fingerprint density at radius 1 is 0.789 bits per heavy atom. The van der Waals surface area contributed by atoms with Gasteiger partial charge in [0.15, 0.2) is 0 Å². The fourth-order valence-electron chi connectivity index (χ4n) is 2.24. The highest BCUT2D eigenvalue weighted by atomic mass is 32.3. The Morgan fingerprint density at radius 2 is 1.16 bits per heavy atom. The Morgan fingerprint density at radius 3 is 1.47 bits per heavy atom. The maximum absolute atomic E-state index is 11.3. The van der Waals surface area contributed by atoms with Crippen molar-refractivity contribution in [3.05, 3.63) is 0 Å².